The van der Waals surface area contributed by atoms with E-state index in [0.29, 0.717) is 12.5 Å². The quantitative estimate of drug-likeness (QED) is 0.675. The highest BCUT2D eigenvalue weighted by Crippen LogP contribution is 2.22. The molecule has 0 saturated heterocycles. The smallest absolute Gasteiger partial charge is 0.254 e. The monoisotopic (exact) mass is 358 g/mol. The van der Waals surface area contributed by atoms with Gasteiger partial charge in [-0.2, -0.15) is 14.8 Å². The van der Waals surface area contributed by atoms with Gasteiger partial charge in [0, 0.05) is 24.3 Å². The van der Waals surface area contributed by atoms with E-state index in [1.165, 1.54) is 12.0 Å². The topological polar surface area (TPSA) is 58.7 Å². The number of benzene rings is 2. The molecule has 4 rings (SSSR count). The van der Waals surface area contributed by atoms with Gasteiger partial charge >= 0.3 is 0 Å². The average molecular weight is 358 g/mol. The van der Waals surface area contributed by atoms with Gasteiger partial charge in [-0.15, -0.1) is 0 Å². The van der Waals surface area contributed by atoms with Gasteiger partial charge in [0.1, 0.15) is 12.0 Å². The second-order valence-corrected chi connectivity index (χ2v) is 6.28. The number of aromatic nitrogens is 3. The first-order valence-corrected chi connectivity index (χ1v) is 9.23. The van der Waals surface area contributed by atoms with E-state index in [2.05, 4.69) is 70.2 Å². The molecular weight excluding hydrogens is 336 g/mol. The first kappa shape index (κ1) is 17.1. The van der Waals surface area contributed by atoms with Gasteiger partial charge in [0.15, 0.2) is 5.84 Å². The van der Waals surface area contributed by atoms with E-state index in [1.807, 2.05) is 18.2 Å². The molecular formula is C21H22N6. The molecule has 136 valence electrons. The van der Waals surface area contributed by atoms with Crippen LogP contribution in [0, 0.1) is 0 Å². The van der Waals surface area contributed by atoms with Crippen LogP contribution in [-0.4, -0.2) is 39.4 Å². The van der Waals surface area contributed by atoms with Gasteiger partial charge < -0.3 is 4.90 Å². The van der Waals surface area contributed by atoms with Crippen LogP contribution in [0.15, 0.2) is 70.9 Å². The summed E-state index contributed by atoms with van der Waals surface area (Å²) >= 11 is 0. The van der Waals surface area contributed by atoms with Crippen molar-refractivity contribution in [3.05, 3.63) is 72.1 Å². The van der Waals surface area contributed by atoms with Crippen LogP contribution in [0.1, 0.15) is 25.0 Å². The normalized spacial score (nSPS) is 14.3. The molecule has 0 aliphatic carbocycles. The fourth-order valence-electron chi connectivity index (χ4n) is 3.22. The van der Waals surface area contributed by atoms with Crippen LogP contribution in [-0.2, 0) is 6.54 Å². The van der Waals surface area contributed by atoms with Gasteiger partial charge in [-0.25, -0.2) is 4.99 Å². The summed E-state index contributed by atoms with van der Waals surface area (Å²) in [4.78, 5) is 16.0. The second-order valence-electron chi connectivity index (χ2n) is 6.28. The van der Waals surface area contributed by atoms with Crippen LogP contribution in [0.2, 0.25) is 0 Å². The summed E-state index contributed by atoms with van der Waals surface area (Å²) in [5.41, 5.74) is 4.19. The molecule has 6 nitrogen and oxygen atoms in total. The van der Waals surface area contributed by atoms with E-state index in [-0.39, 0.29) is 0 Å². The van der Waals surface area contributed by atoms with Crippen molar-refractivity contribution in [1.82, 2.24) is 14.8 Å². The lowest BCUT2D eigenvalue weighted by molar-refractivity contribution is 0.866. The molecule has 27 heavy (non-hydrogen) atoms. The molecule has 6 heteroatoms. The number of hydrogen-bond acceptors (Lipinski definition) is 5. The average Bonchev–Trinajstić information content (AvgIpc) is 3.30. The fraction of sp³-hybridized carbons (Fsp3) is 0.238. The van der Waals surface area contributed by atoms with E-state index in [0.717, 1.165) is 35.8 Å². The van der Waals surface area contributed by atoms with Crippen LogP contribution < -0.4 is 4.90 Å². The van der Waals surface area contributed by atoms with Crippen LogP contribution in [0.3, 0.4) is 0 Å². The van der Waals surface area contributed by atoms with Crippen LogP contribution in [0.25, 0.3) is 0 Å². The third-order valence-corrected chi connectivity index (χ3v) is 4.68. The molecule has 0 spiro atoms. The van der Waals surface area contributed by atoms with Crippen molar-refractivity contribution in [3.8, 4) is 0 Å². The van der Waals surface area contributed by atoms with E-state index in [9.17, 15) is 0 Å². The van der Waals surface area contributed by atoms with E-state index >= 15 is 0 Å². The molecule has 0 radical (unpaired) electrons. The molecule has 0 amide bonds. The molecule has 0 unspecified atom stereocenters. The molecule has 0 N–H and O–H groups in total. The minimum Gasteiger partial charge on any atom is -0.372 e. The second kappa shape index (κ2) is 7.53. The third-order valence-electron chi connectivity index (χ3n) is 4.68. The highest BCUT2D eigenvalue weighted by molar-refractivity contribution is 6.50. The zero-order chi connectivity index (χ0) is 18.6. The lowest BCUT2D eigenvalue weighted by atomic mass is 10.1. The maximum absolute atomic E-state index is 4.79. The Hall–Kier alpha value is -3.28. The largest absolute Gasteiger partial charge is 0.372 e. The van der Waals surface area contributed by atoms with Crippen LogP contribution in [0.4, 0.5) is 11.6 Å². The molecule has 1 aliphatic heterocycles. The predicted octanol–water partition coefficient (Wildman–Crippen LogP) is 3.71. The molecule has 3 aromatic rings. The number of fused-ring (bicyclic) bond motifs is 1. The highest BCUT2D eigenvalue weighted by Gasteiger charge is 2.25. The summed E-state index contributed by atoms with van der Waals surface area (Å²) in [6.07, 6.45) is 1.51. The predicted molar refractivity (Wildman–Crippen MR) is 109 cm³/mol. The number of nitrogens with zero attached hydrogens (tertiary/aromatic N) is 6. The van der Waals surface area contributed by atoms with E-state index in [4.69, 9.17) is 4.99 Å². The molecule has 0 bridgehead atoms. The summed E-state index contributed by atoms with van der Waals surface area (Å²) in [5, 5.41) is 4.29. The Morgan fingerprint density at radius 3 is 2.41 bits per heavy atom. The van der Waals surface area contributed by atoms with Gasteiger partial charge in [0.05, 0.1) is 6.54 Å². The zero-order valence-corrected chi connectivity index (χ0v) is 15.6. The zero-order valence-electron chi connectivity index (χ0n) is 15.6. The minimum absolute atomic E-state index is 0.574. The molecule has 0 atom stereocenters. The summed E-state index contributed by atoms with van der Waals surface area (Å²) in [6.45, 7) is 6.88. The third kappa shape index (κ3) is 3.38. The maximum atomic E-state index is 4.79. The number of aliphatic imine (C=N–C) groups is 2. The van der Waals surface area contributed by atoms with Crippen molar-refractivity contribution >= 4 is 23.2 Å². The molecule has 1 aliphatic rings. The highest BCUT2D eigenvalue weighted by atomic mass is 15.4. The molecule has 0 saturated carbocycles. The van der Waals surface area contributed by atoms with Crippen LogP contribution in [0.5, 0.6) is 0 Å². The Labute approximate surface area is 158 Å². The van der Waals surface area contributed by atoms with Crippen LogP contribution >= 0.6 is 0 Å². The van der Waals surface area contributed by atoms with E-state index in [1.54, 1.807) is 4.68 Å². The lowest BCUT2D eigenvalue weighted by Gasteiger charge is -2.21. The fourth-order valence-corrected chi connectivity index (χ4v) is 3.22. The van der Waals surface area contributed by atoms with Crippen molar-refractivity contribution in [2.24, 2.45) is 9.98 Å². The SMILES string of the molecule is CCN(CC)c1ccc(C2=Nc3ncnn3C2=NCc2ccccc2)cc1. The first-order valence-electron chi connectivity index (χ1n) is 9.23. The number of hydrogen-bond donors (Lipinski definition) is 0. The van der Waals surface area contributed by atoms with Crippen molar-refractivity contribution in [2.45, 2.75) is 20.4 Å². The lowest BCUT2D eigenvalue weighted by Crippen LogP contribution is -2.22. The number of rotatable bonds is 6. The van der Waals surface area contributed by atoms with Gasteiger partial charge in [0.25, 0.3) is 5.95 Å². The summed E-state index contributed by atoms with van der Waals surface area (Å²) in [7, 11) is 0. The maximum Gasteiger partial charge on any atom is 0.254 e. The molecule has 2 aromatic carbocycles. The summed E-state index contributed by atoms with van der Waals surface area (Å²) in [6, 6.07) is 18.6. The number of anilines is 1. The summed E-state index contributed by atoms with van der Waals surface area (Å²) < 4.78 is 1.70. The van der Waals surface area contributed by atoms with Gasteiger partial charge in [-0.05, 0) is 31.5 Å². The molecule has 2 heterocycles. The Morgan fingerprint density at radius 2 is 1.70 bits per heavy atom. The van der Waals surface area contributed by atoms with Gasteiger partial charge in [0.2, 0.25) is 0 Å². The van der Waals surface area contributed by atoms with Crippen molar-refractivity contribution in [3.63, 3.8) is 0 Å². The Bertz CT molecular complexity index is 965. The molecule has 1 aromatic heterocycles. The van der Waals surface area contributed by atoms with Gasteiger partial charge in [-0.3, -0.25) is 4.99 Å². The summed E-state index contributed by atoms with van der Waals surface area (Å²) in [5.74, 6) is 1.31. The Kier molecular flexibility index (Phi) is 4.78. The van der Waals surface area contributed by atoms with Gasteiger partial charge in [-0.1, -0.05) is 42.5 Å². The van der Waals surface area contributed by atoms with E-state index < -0.39 is 0 Å². The van der Waals surface area contributed by atoms with Crippen molar-refractivity contribution < 1.29 is 0 Å². The first-order chi connectivity index (χ1) is 13.3. The minimum atomic E-state index is 0.574. The standard InChI is InChI=1S/C21H22N6/c1-3-26(4-2)18-12-10-17(11-13-18)19-20(27-21(25-19)23-15-24-27)22-14-16-8-6-5-7-9-16/h5-13,15H,3-4,14H2,1-2H3. The van der Waals surface area contributed by atoms with Crippen molar-refractivity contribution in [2.75, 3.05) is 18.0 Å². The van der Waals surface area contributed by atoms with Crippen molar-refractivity contribution in [1.29, 1.82) is 0 Å². The molecule has 0 fully saturated rings. The Balaban J connectivity index is 1.65. The Morgan fingerprint density at radius 1 is 0.963 bits per heavy atom.